The largest absolute Gasteiger partial charge is 0.458 e. The van der Waals surface area contributed by atoms with Crippen LogP contribution >= 0.6 is 11.3 Å². The average Bonchev–Trinajstić information content (AvgIpc) is 3.25. The summed E-state index contributed by atoms with van der Waals surface area (Å²) >= 11 is 1.63. The monoisotopic (exact) mass is 563 g/mol. The number of aromatic nitrogens is 1. The molecule has 8 heteroatoms. The number of ether oxygens (including phenoxy) is 2. The summed E-state index contributed by atoms with van der Waals surface area (Å²) in [5.41, 5.74) is 0.175. The maximum Gasteiger partial charge on any atom is 0.309 e. The number of aliphatic hydroxyl groups is 2. The first-order chi connectivity index (χ1) is 18.0. The van der Waals surface area contributed by atoms with Crippen molar-refractivity contribution in [1.29, 1.82) is 0 Å². The zero-order valence-electron chi connectivity index (χ0n) is 25.2. The Morgan fingerprint density at radius 2 is 1.90 bits per heavy atom. The Hall–Kier alpha value is -1.61. The quantitative estimate of drug-likeness (QED) is 0.349. The summed E-state index contributed by atoms with van der Waals surface area (Å²) in [7, 11) is 0. The minimum absolute atomic E-state index is 0.00577. The lowest BCUT2D eigenvalue weighted by molar-refractivity contribution is -0.154. The van der Waals surface area contributed by atoms with Crippen molar-refractivity contribution in [3.63, 3.8) is 0 Å². The van der Waals surface area contributed by atoms with Gasteiger partial charge in [0.1, 0.15) is 11.9 Å². The standard InChI is InChI=1S/C31H49NO6S/c1-10-29(5,6)28-32-21(17-39-28)14-19(3)22-15-24-31(9,38-24)13-11-12-18(2)26(35)20(4)27(36)30(7,8)23(33)16-25(34)37-22/h14,17-18,20,22-24,26,33,35H,10-13,15-16H2,1-9H3/b19-14+. The summed E-state index contributed by atoms with van der Waals surface area (Å²) in [6.45, 7) is 17.5. The number of epoxide rings is 1. The Morgan fingerprint density at radius 3 is 2.54 bits per heavy atom. The van der Waals surface area contributed by atoms with Gasteiger partial charge in [0.05, 0.1) is 46.5 Å². The molecule has 2 fully saturated rings. The zero-order chi connectivity index (χ0) is 29.3. The lowest BCUT2D eigenvalue weighted by Crippen LogP contribution is -2.45. The number of Topliss-reactive ketones (excluding diaryl/α,β-unsaturated/α-hetero) is 1. The van der Waals surface area contributed by atoms with Crippen LogP contribution in [0.4, 0.5) is 0 Å². The van der Waals surface area contributed by atoms with E-state index < -0.39 is 35.6 Å². The molecule has 0 aromatic carbocycles. The number of carbonyl (C=O) groups is 2. The van der Waals surface area contributed by atoms with E-state index in [1.165, 1.54) is 0 Å². The maximum atomic E-state index is 13.3. The first-order valence-corrected chi connectivity index (χ1v) is 15.3. The lowest BCUT2D eigenvalue weighted by atomic mass is 9.73. The van der Waals surface area contributed by atoms with Crippen LogP contribution in [0.25, 0.3) is 6.08 Å². The number of esters is 1. The van der Waals surface area contributed by atoms with Gasteiger partial charge in [0.15, 0.2) is 0 Å². The summed E-state index contributed by atoms with van der Waals surface area (Å²) < 4.78 is 12.1. The molecule has 7 unspecified atom stereocenters. The predicted octanol–water partition coefficient (Wildman–Crippen LogP) is 5.86. The van der Waals surface area contributed by atoms with Gasteiger partial charge >= 0.3 is 5.97 Å². The SMILES string of the molecule is CCC(C)(C)c1nc(/C=C(\C)C2CC3OC3(C)CCCC(C)C(O)C(C)C(=O)C(C)(C)C(O)CC(=O)O2)cs1. The van der Waals surface area contributed by atoms with E-state index in [9.17, 15) is 19.8 Å². The molecule has 0 aliphatic carbocycles. The Kier molecular flexibility index (Phi) is 9.90. The van der Waals surface area contributed by atoms with Gasteiger partial charge in [0.25, 0.3) is 0 Å². The van der Waals surface area contributed by atoms with Crippen molar-refractivity contribution in [2.24, 2.45) is 17.3 Å². The number of aliphatic hydroxyl groups excluding tert-OH is 2. The smallest absolute Gasteiger partial charge is 0.309 e. The molecule has 2 N–H and O–H groups in total. The van der Waals surface area contributed by atoms with Crippen LogP contribution in [0.15, 0.2) is 11.0 Å². The molecule has 39 heavy (non-hydrogen) atoms. The number of thiazole rings is 1. The highest BCUT2D eigenvalue weighted by Gasteiger charge is 2.53. The van der Waals surface area contributed by atoms with Crippen molar-refractivity contribution in [3.8, 4) is 0 Å². The van der Waals surface area contributed by atoms with E-state index in [1.807, 2.05) is 25.3 Å². The molecule has 7 atom stereocenters. The first-order valence-electron chi connectivity index (χ1n) is 14.4. The fraction of sp³-hybridized carbons (Fsp3) is 0.774. The molecule has 2 aliphatic heterocycles. The van der Waals surface area contributed by atoms with Crippen LogP contribution in [0.1, 0.15) is 112 Å². The minimum atomic E-state index is -1.24. The Labute approximate surface area is 238 Å². The van der Waals surface area contributed by atoms with Crippen molar-refractivity contribution in [1.82, 2.24) is 4.98 Å². The summed E-state index contributed by atoms with van der Waals surface area (Å²) in [4.78, 5) is 31.2. The molecule has 0 saturated carbocycles. The molecule has 0 amide bonds. The van der Waals surface area contributed by atoms with Crippen LogP contribution in [0.3, 0.4) is 0 Å². The number of carbonyl (C=O) groups excluding carboxylic acids is 2. The van der Waals surface area contributed by atoms with Crippen LogP contribution in [0, 0.1) is 17.3 Å². The maximum absolute atomic E-state index is 13.3. The van der Waals surface area contributed by atoms with Gasteiger partial charge in [0, 0.05) is 23.1 Å². The normalized spacial score (nSPS) is 35.3. The number of rotatable bonds is 4. The van der Waals surface area contributed by atoms with Crippen LogP contribution < -0.4 is 0 Å². The molecule has 1 aromatic heterocycles. The molecule has 2 saturated heterocycles. The molecule has 2 aliphatic rings. The van der Waals surface area contributed by atoms with E-state index in [2.05, 4.69) is 27.7 Å². The third-order valence-electron chi connectivity index (χ3n) is 9.28. The molecule has 0 bridgehead atoms. The molecular weight excluding hydrogens is 514 g/mol. The zero-order valence-corrected chi connectivity index (χ0v) is 26.1. The molecule has 0 radical (unpaired) electrons. The molecule has 7 nitrogen and oxygen atoms in total. The highest BCUT2D eigenvalue weighted by atomic mass is 32.1. The first kappa shape index (κ1) is 31.9. The Bertz CT molecular complexity index is 1060. The molecular formula is C31H49NO6S. The van der Waals surface area contributed by atoms with Crippen LogP contribution in [0.5, 0.6) is 0 Å². The van der Waals surface area contributed by atoms with Crippen molar-refractivity contribution in [2.75, 3.05) is 0 Å². The summed E-state index contributed by atoms with van der Waals surface area (Å²) in [5.74, 6) is -1.56. The average molecular weight is 564 g/mol. The molecule has 3 heterocycles. The number of hydrogen-bond acceptors (Lipinski definition) is 8. The van der Waals surface area contributed by atoms with Crippen LogP contribution in [0.2, 0.25) is 0 Å². The van der Waals surface area contributed by atoms with Crippen molar-refractivity contribution in [3.05, 3.63) is 21.7 Å². The van der Waals surface area contributed by atoms with E-state index in [0.717, 1.165) is 42.0 Å². The third kappa shape index (κ3) is 7.38. The summed E-state index contributed by atoms with van der Waals surface area (Å²) in [6, 6.07) is 0. The van der Waals surface area contributed by atoms with Gasteiger partial charge in [-0.1, -0.05) is 54.9 Å². The van der Waals surface area contributed by atoms with E-state index in [4.69, 9.17) is 14.5 Å². The summed E-state index contributed by atoms with van der Waals surface area (Å²) in [5, 5.41) is 24.9. The number of cyclic esters (lactones) is 1. The Balaban J connectivity index is 1.87. The van der Waals surface area contributed by atoms with E-state index in [0.29, 0.717) is 6.42 Å². The van der Waals surface area contributed by atoms with E-state index >= 15 is 0 Å². The van der Waals surface area contributed by atoms with Crippen LogP contribution in [-0.2, 0) is 24.5 Å². The second-order valence-electron chi connectivity index (χ2n) is 13.3. The fourth-order valence-corrected chi connectivity index (χ4v) is 6.41. The van der Waals surface area contributed by atoms with Gasteiger partial charge in [-0.05, 0) is 50.7 Å². The van der Waals surface area contributed by atoms with Gasteiger partial charge in [-0.3, -0.25) is 9.59 Å². The van der Waals surface area contributed by atoms with Gasteiger partial charge in [-0.2, -0.15) is 0 Å². The highest BCUT2D eigenvalue weighted by molar-refractivity contribution is 7.09. The van der Waals surface area contributed by atoms with E-state index in [1.54, 1.807) is 32.1 Å². The Morgan fingerprint density at radius 1 is 1.23 bits per heavy atom. The third-order valence-corrected chi connectivity index (χ3v) is 10.5. The minimum Gasteiger partial charge on any atom is -0.458 e. The highest BCUT2D eigenvalue weighted by Crippen LogP contribution is 2.45. The number of nitrogens with zero attached hydrogens (tertiary/aromatic N) is 1. The second-order valence-corrected chi connectivity index (χ2v) is 14.1. The van der Waals surface area contributed by atoms with Gasteiger partial charge in [-0.15, -0.1) is 11.3 Å². The number of hydrogen-bond donors (Lipinski definition) is 2. The lowest BCUT2D eigenvalue weighted by Gasteiger charge is -2.34. The molecule has 220 valence electrons. The molecule has 3 rings (SSSR count). The summed E-state index contributed by atoms with van der Waals surface area (Å²) in [6.07, 6.45) is 2.95. The van der Waals surface area contributed by atoms with Crippen LogP contribution in [-0.4, -0.2) is 57.0 Å². The van der Waals surface area contributed by atoms with Gasteiger partial charge in [0.2, 0.25) is 0 Å². The number of ketones is 1. The topological polar surface area (TPSA) is 109 Å². The fourth-order valence-electron chi connectivity index (χ4n) is 5.43. The van der Waals surface area contributed by atoms with Gasteiger partial charge in [-0.25, -0.2) is 4.98 Å². The second kappa shape index (κ2) is 12.1. The predicted molar refractivity (Wildman–Crippen MR) is 154 cm³/mol. The number of fused-ring (bicyclic) bond motifs is 1. The van der Waals surface area contributed by atoms with Crippen molar-refractivity contribution >= 4 is 29.2 Å². The van der Waals surface area contributed by atoms with Crippen molar-refractivity contribution in [2.45, 2.75) is 136 Å². The van der Waals surface area contributed by atoms with Crippen molar-refractivity contribution < 1.29 is 29.3 Å². The van der Waals surface area contributed by atoms with Gasteiger partial charge < -0.3 is 19.7 Å². The molecule has 1 aromatic rings. The van der Waals surface area contributed by atoms with E-state index in [-0.39, 0.29) is 35.2 Å². The molecule has 0 spiro atoms.